The lowest BCUT2D eigenvalue weighted by Gasteiger charge is -2.18. The van der Waals surface area contributed by atoms with Gasteiger partial charge in [-0.1, -0.05) is 0 Å². The van der Waals surface area contributed by atoms with Crippen molar-refractivity contribution in [3.05, 3.63) is 51.7 Å². The Morgan fingerprint density at radius 3 is 2.75 bits per heavy atom. The van der Waals surface area contributed by atoms with E-state index in [9.17, 15) is 4.79 Å². The maximum atomic E-state index is 12.5. The minimum atomic E-state index is 0.0664. The summed E-state index contributed by atoms with van der Waals surface area (Å²) in [6, 6.07) is 7.94. The highest BCUT2D eigenvalue weighted by Crippen LogP contribution is 2.18. The number of anilines is 1. The maximum absolute atomic E-state index is 12.5. The van der Waals surface area contributed by atoms with Crippen LogP contribution in [0, 0.1) is 6.92 Å². The van der Waals surface area contributed by atoms with Crippen molar-refractivity contribution in [2.24, 2.45) is 0 Å². The molecule has 0 aliphatic heterocycles. The lowest BCUT2D eigenvalue weighted by atomic mass is 10.1. The first-order valence-corrected chi connectivity index (χ1v) is 7.67. The van der Waals surface area contributed by atoms with Crippen LogP contribution in [-0.4, -0.2) is 24.4 Å². The van der Waals surface area contributed by atoms with Gasteiger partial charge in [0.15, 0.2) is 0 Å². The molecule has 0 spiro atoms. The number of rotatable bonds is 5. The van der Waals surface area contributed by atoms with Crippen molar-refractivity contribution in [3.63, 3.8) is 0 Å². The molecule has 2 rings (SSSR count). The summed E-state index contributed by atoms with van der Waals surface area (Å²) in [6.07, 6.45) is 0. The minimum Gasteiger partial charge on any atom is -0.385 e. The SMILES string of the molecule is CCNc1ccc(C(=O)N(C)Cc2ccsc2)c(C)c1. The van der Waals surface area contributed by atoms with Crippen LogP contribution in [0.1, 0.15) is 28.4 Å². The molecule has 0 saturated carbocycles. The van der Waals surface area contributed by atoms with Crippen molar-refractivity contribution in [2.75, 3.05) is 18.9 Å². The molecule has 4 heteroatoms. The van der Waals surface area contributed by atoms with Crippen LogP contribution < -0.4 is 5.32 Å². The van der Waals surface area contributed by atoms with Gasteiger partial charge >= 0.3 is 0 Å². The second kappa shape index (κ2) is 6.57. The lowest BCUT2D eigenvalue weighted by molar-refractivity contribution is 0.0784. The Morgan fingerprint density at radius 1 is 1.35 bits per heavy atom. The molecule has 0 unspecified atom stereocenters. The van der Waals surface area contributed by atoms with Gasteiger partial charge < -0.3 is 10.2 Å². The van der Waals surface area contributed by atoms with Gasteiger partial charge in [-0.2, -0.15) is 11.3 Å². The summed E-state index contributed by atoms with van der Waals surface area (Å²) in [5.74, 6) is 0.0664. The molecule has 20 heavy (non-hydrogen) atoms. The van der Waals surface area contributed by atoms with E-state index in [1.165, 1.54) is 5.56 Å². The predicted octanol–water partition coefficient (Wildman–Crippen LogP) is 3.76. The molecule has 0 atom stereocenters. The number of hydrogen-bond donors (Lipinski definition) is 1. The predicted molar refractivity (Wildman–Crippen MR) is 85.5 cm³/mol. The first-order chi connectivity index (χ1) is 9.61. The van der Waals surface area contributed by atoms with Crippen molar-refractivity contribution in [2.45, 2.75) is 20.4 Å². The molecule has 1 aromatic carbocycles. The van der Waals surface area contributed by atoms with E-state index in [2.05, 4.69) is 23.7 Å². The number of benzene rings is 1. The Balaban J connectivity index is 2.12. The van der Waals surface area contributed by atoms with E-state index in [0.717, 1.165) is 23.4 Å². The molecule has 0 fully saturated rings. The number of carbonyl (C=O) groups excluding carboxylic acids is 1. The highest BCUT2D eigenvalue weighted by molar-refractivity contribution is 7.07. The topological polar surface area (TPSA) is 32.3 Å². The number of nitrogens with one attached hydrogen (secondary N) is 1. The fourth-order valence-corrected chi connectivity index (χ4v) is 2.81. The fourth-order valence-electron chi connectivity index (χ4n) is 2.15. The molecular weight excluding hydrogens is 268 g/mol. The second-order valence-corrected chi connectivity index (χ2v) is 5.63. The average Bonchev–Trinajstić information content (AvgIpc) is 2.91. The normalized spacial score (nSPS) is 10.3. The Labute approximate surface area is 124 Å². The minimum absolute atomic E-state index is 0.0664. The van der Waals surface area contributed by atoms with E-state index >= 15 is 0 Å². The van der Waals surface area contributed by atoms with Gasteiger partial charge in [0, 0.05) is 31.4 Å². The van der Waals surface area contributed by atoms with Crippen LogP contribution in [0.3, 0.4) is 0 Å². The highest BCUT2D eigenvalue weighted by atomic mass is 32.1. The van der Waals surface area contributed by atoms with Crippen molar-refractivity contribution in [1.82, 2.24) is 4.90 Å². The molecular formula is C16H20N2OS. The molecule has 3 nitrogen and oxygen atoms in total. The van der Waals surface area contributed by atoms with Crippen molar-refractivity contribution in [1.29, 1.82) is 0 Å². The highest BCUT2D eigenvalue weighted by Gasteiger charge is 2.14. The van der Waals surface area contributed by atoms with Crippen LogP contribution in [0.15, 0.2) is 35.0 Å². The largest absolute Gasteiger partial charge is 0.385 e. The summed E-state index contributed by atoms with van der Waals surface area (Å²) in [6.45, 7) is 5.57. The van der Waals surface area contributed by atoms with Gasteiger partial charge in [0.2, 0.25) is 0 Å². The number of hydrogen-bond acceptors (Lipinski definition) is 3. The van der Waals surface area contributed by atoms with Gasteiger partial charge in [0.25, 0.3) is 5.91 Å². The van der Waals surface area contributed by atoms with Gasteiger partial charge in [0.05, 0.1) is 0 Å². The van der Waals surface area contributed by atoms with Crippen LogP contribution in [0.25, 0.3) is 0 Å². The first-order valence-electron chi connectivity index (χ1n) is 6.73. The zero-order chi connectivity index (χ0) is 14.5. The first kappa shape index (κ1) is 14.6. The van der Waals surface area contributed by atoms with Crippen molar-refractivity contribution >= 4 is 22.9 Å². The zero-order valence-electron chi connectivity index (χ0n) is 12.1. The molecule has 1 amide bonds. The number of amides is 1. The van der Waals surface area contributed by atoms with Crippen LogP contribution in [0.5, 0.6) is 0 Å². The molecule has 0 aliphatic carbocycles. The molecule has 0 radical (unpaired) electrons. The summed E-state index contributed by atoms with van der Waals surface area (Å²) in [5, 5.41) is 7.36. The monoisotopic (exact) mass is 288 g/mol. The lowest BCUT2D eigenvalue weighted by Crippen LogP contribution is -2.26. The third kappa shape index (κ3) is 3.39. The Hall–Kier alpha value is -1.81. The molecule has 106 valence electrons. The van der Waals surface area contributed by atoms with Gasteiger partial charge in [-0.15, -0.1) is 0 Å². The van der Waals surface area contributed by atoms with Crippen LogP contribution in [0.4, 0.5) is 5.69 Å². The fraction of sp³-hybridized carbons (Fsp3) is 0.312. The molecule has 2 aromatic rings. The number of aryl methyl sites for hydroxylation is 1. The van der Waals surface area contributed by atoms with Crippen molar-refractivity contribution in [3.8, 4) is 0 Å². The number of carbonyl (C=O) groups is 1. The van der Waals surface area contributed by atoms with E-state index in [-0.39, 0.29) is 5.91 Å². The van der Waals surface area contributed by atoms with Crippen molar-refractivity contribution < 1.29 is 4.79 Å². The summed E-state index contributed by atoms with van der Waals surface area (Å²) in [7, 11) is 1.84. The number of thiophene rings is 1. The van der Waals surface area contributed by atoms with E-state index in [1.807, 2.05) is 37.6 Å². The van der Waals surface area contributed by atoms with Crippen LogP contribution in [-0.2, 0) is 6.54 Å². The summed E-state index contributed by atoms with van der Waals surface area (Å²) >= 11 is 1.65. The summed E-state index contributed by atoms with van der Waals surface area (Å²) < 4.78 is 0. The third-order valence-corrected chi connectivity index (χ3v) is 3.92. The Kier molecular flexibility index (Phi) is 4.79. The molecule has 1 N–H and O–H groups in total. The van der Waals surface area contributed by atoms with Crippen LogP contribution in [0.2, 0.25) is 0 Å². The smallest absolute Gasteiger partial charge is 0.254 e. The average molecular weight is 288 g/mol. The Bertz CT molecular complexity index is 578. The number of nitrogens with zero attached hydrogens (tertiary/aromatic N) is 1. The third-order valence-electron chi connectivity index (χ3n) is 3.18. The second-order valence-electron chi connectivity index (χ2n) is 4.85. The van der Waals surface area contributed by atoms with E-state index in [1.54, 1.807) is 16.2 Å². The molecule has 1 aromatic heterocycles. The molecule has 0 bridgehead atoms. The van der Waals surface area contributed by atoms with E-state index < -0.39 is 0 Å². The standard InChI is InChI=1S/C16H20N2OS/c1-4-17-14-5-6-15(12(2)9-14)16(19)18(3)10-13-7-8-20-11-13/h5-9,11,17H,4,10H2,1-3H3. The van der Waals surface area contributed by atoms with E-state index in [0.29, 0.717) is 6.54 Å². The maximum Gasteiger partial charge on any atom is 0.254 e. The molecule has 0 saturated heterocycles. The van der Waals surface area contributed by atoms with Gasteiger partial charge in [-0.05, 0) is 60.0 Å². The van der Waals surface area contributed by atoms with Gasteiger partial charge in [0.1, 0.15) is 0 Å². The van der Waals surface area contributed by atoms with Gasteiger partial charge in [-0.3, -0.25) is 4.79 Å². The zero-order valence-corrected chi connectivity index (χ0v) is 13.0. The quantitative estimate of drug-likeness (QED) is 0.908. The Morgan fingerprint density at radius 2 is 2.15 bits per heavy atom. The molecule has 1 heterocycles. The summed E-state index contributed by atoms with van der Waals surface area (Å²) in [5.41, 5.74) is 4.00. The van der Waals surface area contributed by atoms with E-state index in [4.69, 9.17) is 0 Å². The summed E-state index contributed by atoms with van der Waals surface area (Å²) in [4.78, 5) is 14.2. The molecule has 0 aliphatic rings. The van der Waals surface area contributed by atoms with Crippen LogP contribution >= 0.6 is 11.3 Å². The van der Waals surface area contributed by atoms with Gasteiger partial charge in [-0.25, -0.2) is 0 Å².